The van der Waals surface area contributed by atoms with Crippen LogP contribution in [0.3, 0.4) is 0 Å². The fourth-order valence-corrected chi connectivity index (χ4v) is 1.49. The summed E-state index contributed by atoms with van der Waals surface area (Å²) in [6.45, 7) is 2.04. The lowest BCUT2D eigenvalue weighted by Crippen LogP contribution is -2.01. The molecule has 0 heterocycles. The molecule has 0 aliphatic heterocycles. The number of benzene rings is 1. The molecule has 0 aliphatic rings. The van der Waals surface area contributed by atoms with E-state index in [0.29, 0.717) is 12.0 Å². The van der Waals surface area contributed by atoms with Gasteiger partial charge < -0.3 is 10.2 Å². The predicted molar refractivity (Wildman–Crippen MR) is 62.6 cm³/mol. The summed E-state index contributed by atoms with van der Waals surface area (Å²) in [6, 6.07) is 5.21. The van der Waals surface area contributed by atoms with E-state index in [1.165, 1.54) is 0 Å². The van der Waals surface area contributed by atoms with E-state index in [2.05, 4.69) is 0 Å². The first-order chi connectivity index (χ1) is 7.65. The lowest BCUT2D eigenvalue weighted by molar-refractivity contribution is -0.136. The van der Waals surface area contributed by atoms with Crippen LogP contribution in [0.15, 0.2) is 30.4 Å². The van der Waals surface area contributed by atoms with Crippen molar-refractivity contribution < 1.29 is 15.0 Å². The Balaban J connectivity index is 2.85. The van der Waals surface area contributed by atoms with E-state index in [9.17, 15) is 9.90 Å². The first-order valence-corrected chi connectivity index (χ1v) is 5.31. The van der Waals surface area contributed by atoms with Crippen molar-refractivity contribution in [1.29, 1.82) is 0 Å². The molecule has 0 spiro atoms. The molecule has 0 fully saturated rings. The average Bonchev–Trinajstić information content (AvgIpc) is 2.23. The molecule has 0 atom stereocenters. The van der Waals surface area contributed by atoms with Crippen molar-refractivity contribution >= 4 is 5.97 Å². The van der Waals surface area contributed by atoms with Crippen LogP contribution >= 0.6 is 0 Å². The van der Waals surface area contributed by atoms with Crippen LogP contribution in [-0.2, 0) is 17.6 Å². The number of carboxylic acid groups (broad SMARTS) is 1. The van der Waals surface area contributed by atoms with Gasteiger partial charge in [0.1, 0.15) is 5.75 Å². The second kappa shape index (κ2) is 5.95. The maximum atomic E-state index is 10.6. The molecule has 3 nitrogen and oxygen atoms in total. The topological polar surface area (TPSA) is 57.5 Å². The standard InChI is InChI=1S/C13H16O3/c1-2-3-4-6-10-7-5-8-11(13(10)16)9-12(14)15/h3-5,7-8,16H,2,6,9H2,1H3,(H,14,15). The molecule has 0 bridgehead atoms. The highest BCUT2D eigenvalue weighted by atomic mass is 16.4. The van der Waals surface area contributed by atoms with Gasteiger partial charge in [-0.25, -0.2) is 0 Å². The number of hydrogen-bond acceptors (Lipinski definition) is 2. The SMILES string of the molecule is CCC=CCc1cccc(CC(=O)O)c1O. The van der Waals surface area contributed by atoms with E-state index in [4.69, 9.17) is 5.11 Å². The first kappa shape index (κ1) is 12.3. The quantitative estimate of drug-likeness (QED) is 0.750. The van der Waals surface area contributed by atoms with Crippen LogP contribution in [0.2, 0.25) is 0 Å². The predicted octanol–water partition coefficient (Wildman–Crippen LogP) is 2.53. The molecule has 0 aliphatic carbocycles. The average molecular weight is 220 g/mol. The number of allylic oxidation sites excluding steroid dienone is 2. The maximum Gasteiger partial charge on any atom is 0.307 e. The Kier molecular flexibility index (Phi) is 4.58. The van der Waals surface area contributed by atoms with Crippen LogP contribution in [0.4, 0.5) is 0 Å². The van der Waals surface area contributed by atoms with Gasteiger partial charge in [0, 0.05) is 5.56 Å². The van der Waals surface area contributed by atoms with E-state index in [1.807, 2.05) is 19.1 Å². The van der Waals surface area contributed by atoms with E-state index in [0.717, 1.165) is 12.0 Å². The zero-order chi connectivity index (χ0) is 12.0. The maximum absolute atomic E-state index is 10.6. The molecular formula is C13H16O3. The summed E-state index contributed by atoms with van der Waals surface area (Å²) < 4.78 is 0. The molecule has 1 aromatic rings. The van der Waals surface area contributed by atoms with Gasteiger partial charge in [-0.15, -0.1) is 0 Å². The Hall–Kier alpha value is -1.77. The summed E-state index contributed by atoms with van der Waals surface area (Å²) in [5, 5.41) is 18.5. The van der Waals surface area contributed by atoms with Gasteiger partial charge in [-0.2, -0.15) is 0 Å². The molecular weight excluding hydrogens is 204 g/mol. The zero-order valence-electron chi connectivity index (χ0n) is 9.31. The lowest BCUT2D eigenvalue weighted by atomic mass is 10.0. The number of carboxylic acids is 1. The molecule has 1 rings (SSSR count). The smallest absolute Gasteiger partial charge is 0.307 e. The monoisotopic (exact) mass is 220 g/mol. The minimum Gasteiger partial charge on any atom is -0.507 e. The van der Waals surface area contributed by atoms with Gasteiger partial charge in [0.25, 0.3) is 0 Å². The number of phenolic OH excluding ortho intramolecular Hbond substituents is 1. The molecule has 1 aromatic carbocycles. The number of aliphatic carboxylic acids is 1. The van der Waals surface area contributed by atoms with Crippen LogP contribution in [0.1, 0.15) is 24.5 Å². The van der Waals surface area contributed by atoms with Crippen molar-refractivity contribution in [2.45, 2.75) is 26.2 Å². The summed E-state index contributed by atoms with van der Waals surface area (Å²) >= 11 is 0. The molecule has 2 N–H and O–H groups in total. The minimum atomic E-state index is -0.934. The summed E-state index contributed by atoms with van der Waals surface area (Å²) in [5.41, 5.74) is 1.23. The highest BCUT2D eigenvalue weighted by Gasteiger charge is 2.08. The van der Waals surface area contributed by atoms with Crippen molar-refractivity contribution in [2.24, 2.45) is 0 Å². The third-order valence-corrected chi connectivity index (χ3v) is 2.28. The van der Waals surface area contributed by atoms with Gasteiger partial charge in [0.15, 0.2) is 0 Å². The van der Waals surface area contributed by atoms with Crippen molar-refractivity contribution in [3.05, 3.63) is 41.5 Å². The van der Waals surface area contributed by atoms with Crippen molar-refractivity contribution in [3.8, 4) is 5.75 Å². The molecule has 0 unspecified atom stereocenters. The Bertz CT molecular complexity index is 394. The van der Waals surface area contributed by atoms with E-state index >= 15 is 0 Å². The minimum absolute atomic E-state index is 0.102. The summed E-state index contributed by atoms with van der Waals surface area (Å²) in [5.74, 6) is -0.831. The summed E-state index contributed by atoms with van der Waals surface area (Å²) in [7, 11) is 0. The van der Waals surface area contributed by atoms with E-state index in [1.54, 1.807) is 18.2 Å². The van der Waals surface area contributed by atoms with Crippen LogP contribution in [0.5, 0.6) is 5.75 Å². The van der Waals surface area contributed by atoms with Crippen molar-refractivity contribution in [2.75, 3.05) is 0 Å². The third kappa shape index (κ3) is 3.42. The fraction of sp³-hybridized carbons (Fsp3) is 0.308. The summed E-state index contributed by atoms with van der Waals surface area (Å²) in [4.78, 5) is 10.6. The van der Waals surface area contributed by atoms with E-state index < -0.39 is 5.97 Å². The number of rotatable bonds is 5. The number of carbonyl (C=O) groups is 1. The van der Waals surface area contributed by atoms with E-state index in [-0.39, 0.29) is 12.2 Å². The number of hydrogen-bond donors (Lipinski definition) is 2. The highest BCUT2D eigenvalue weighted by Crippen LogP contribution is 2.23. The second-order valence-corrected chi connectivity index (χ2v) is 3.58. The van der Waals surface area contributed by atoms with Crippen molar-refractivity contribution in [1.82, 2.24) is 0 Å². The molecule has 0 saturated carbocycles. The van der Waals surface area contributed by atoms with Gasteiger partial charge in [-0.05, 0) is 18.4 Å². The second-order valence-electron chi connectivity index (χ2n) is 3.58. The number of para-hydroxylation sites is 1. The van der Waals surface area contributed by atoms with Crippen LogP contribution in [0.25, 0.3) is 0 Å². The molecule has 0 amide bonds. The molecule has 0 radical (unpaired) electrons. The van der Waals surface area contributed by atoms with Gasteiger partial charge in [-0.1, -0.05) is 37.3 Å². The van der Waals surface area contributed by atoms with Gasteiger partial charge in [0.2, 0.25) is 0 Å². The lowest BCUT2D eigenvalue weighted by Gasteiger charge is -2.06. The Labute approximate surface area is 95.0 Å². The number of aromatic hydroxyl groups is 1. The van der Waals surface area contributed by atoms with Gasteiger partial charge in [-0.3, -0.25) is 4.79 Å². The number of phenols is 1. The zero-order valence-corrected chi connectivity index (χ0v) is 9.31. The summed E-state index contributed by atoms with van der Waals surface area (Å²) in [6.07, 6.45) is 5.43. The van der Waals surface area contributed by atoms with Gasteiger partial charge in [0.05, 0.1) is 6.42 Å². The molecule has 86 valence electrons. The molecule has 3 heteroatoms. The Morgan fingerprint density at radius 1 is 1.31 bits per heavy atom. The molecule has 16 heavy (non-hydrogen) atoms. The highest BCUT2D eigenvalue weighted by molar-refractivity contribution is 5.71. The van der Waals surface area contributed by atoms with Crippen molar-refractivity contribution in [3.63, 3.8) is 0 Å². The Morgan fingerprint density at radius 3 is 2.62 bits per heavy atom. The molecule has 0 aromatic heterocycles. The van der Waals surface area contributed by atoms with Gasteiger partial charge >= 0.3 is 5.97 Å². The normalized spacial score (nSPS) is 10.8. The first-order valence-electron chi connectivity index (χ1n) is 5.31. The molecule has 0 saturated heterocycles. The fourth-order valence-electron chi connectivity index (χ4n) is 1.49. The van der Waals surface area contributed by atoms with Crippen LogP contribution < -0.4 is 0 Å². The Morgan fingerprint density at radius 2 is 2.00 bits per heavy atom. The van der Waals surface area contributed by atoms with Crippen LogP contribution in [-0.4, -0.2) is 16.2 Å². The third-order valence-electron chi connectivity index (χ3n) is 2.28. The van der Waals surface area contributed by atoms with Crippen LogP contribution in [0, 0.1) is 0 Å². The largest absolute Gasteiger partial charge is 0.507 e.